The molecule has 2 rings (SSSR count). The van der Waals surface area contributed by atoms with Crippen molar-refractivity contribution in [1.29, 1.82) is 0 Å². The molecular formula is C17H33NO. The average molecular weight is 267 g/mol. The molecule has 2 nitrogen and oxygen atoms in total. The lowest BCUT2D eigenvalue weighted by Crippen LogP contribution is -2.53. The van der Waals surface area contributed by atoms with Crippen LogP contribution in [0.2, 0.25) is 0 Å². The van der Waals surface area contributed by atoms with Gasteiger partial charge in [-0.2, -0.15) is 0 Å². The maximum atomic E-state index is 11.7. The highest BCUT2D eigenvalue weighted by Gasteiger charge is 2.37. The van der Waals surface area contributed by atoms with Gasteiger partial charge in [-0.25, -0.2) is 0 Å². The molecule has 0 spiro atoms. The van der Waals surface area contributed by atoms with Gasteiger partial charge < -0.3 is 4.90 Å². The van der Waals surface area contributed by atoms with Gasteiger partial charge >= 0.3 is 0 Å². The van der Waals surface area contributed by atoms with Crippen LogP contribution in [0.15, 0.2) is 0 Å². The van der Waals surface area contributed by atoms with Crippen LogP contribution in [-0.2, 0) is 4.79 Å². The molecule has 2 fully saturated rings. The van der Waals surface area contributed by atoms with Gasteiger partial charge in [-0.05, 0) is 51.4 Å². The maximum Gasteiger partial charge on any atom is 0.135 e. The Bertz CT molecular complexity index is 260. The quantitative estimate of drug-likeness (QED) is 0.763. The van der Waals surface area contributed by atoms with E-state index in [1.165, 1.54) is 25.9 Å². The molecule has 0 N–H and O–H groups in total. The van der Waals surface area contributed by atoms with Crippen LogP contribution in [0.1, 0.15) is 66.7 Å². The second kappa shape index (κ2) is 8.04. The Morgan fingerprint density at radius 1 is 1.05 bits per heavy atom. The smallest absolute Gasteiger partial charge is 0.135 e. The molecule has 1 saturated carbocycles. The number of likely N-dealkylation sites (tertiary alicyclic amines) is 1. The Labute approximate surface area is 119 Å². The number of hydrogen-bond donors (Lipinski definition) is 0. The maximum absolute atomic E-state index is 11.7. The molecule has 2 aliphatic rings. The van der Waals surface area contributed by atoms with Crippen molar-refractivity contribution in [1.82, 2.24) is 4.90 Å². The van der Waals surface area contributed by atoms with Crippen LogP contribution in [0.4, 0.5) is 0 Å². The second-order valence-electron chi connectivity index (χ2n) is 6.24. The van der Waals surface area contributed by atoms with Crippen molar-refractivity contribution in [2.45, 2.75) is 72.8 Å². The van der Waals surface area contributed by atoms with E-state index in [-0.39, 0.29) is 0 Å². The van der Waals surface area contributed by atoms with Crippen LogP contribution in [0.25, 0.3) is 0 Å². The van der Waals surface area contributed by atoms with Crippen LogP contribution < -0.4 is 0 Å². The van der Waals surface area contributed by atoms with Gasteiger partial charge in [0.15, 0.2) is 0 Å². The van der Waals surface area contributed by atoms with Crippen molar-refractivity contribution in [3.05, 3.63) is 0 Å². The first-order valence-corrected chi connectivity index (χ1v) is 8.38. The molecule has 0 atom stereocenters. The minimum Gasteiger partial charge on any atom is -0.300 e. The SMILES string of the molecule is CC.CCC(=O)C1CCC(C2CN(C(C)C)C2)CC1. The third-order valence-corrected chi connectivity index (χ3v) is 4.91. The van der Waals surface area contributed by atoms with Gasteiger partial charge in [0.25, 0.3) is 0 Å². The monoisotopic (exact) mass is 267 g/mol. The van der Waals surface area contributed by atoms with Crippen molar-refractivity contribution in [2.75, 3.05) is 13.1 Å². The lowest BCUT2D eigenvalue weighted by atomic mass is 9.72. The first-order valence-electron chi connectivity index (χ1n) is 8.38. The van der Waals surface area contributed by atoms with Crippen LogP contribution in [0, 0.1) is 17.8 Å². The molecule has 19 heavy (non-hydrogen) atoms. The van der Waals surface area contributed by atoms with Crippen LogP contribution >= 0.6 is 0 Å². The summed E-state index contributed by atoms with van der Waals surface area (Å²) >= 11 is 0. The Morgan fingerprint density at radius 3 is 2.00 bits per heavy atom. The number of hydrogen-bond acceptors (Lipinski definition) is 2. The number of Topliss-reactive ketones (excluding diaryl/α,β-unsaturated/α-hetero) is 1. The second-order valence-corrected chi connectivity index (χ2v) is 6.24. The first-order chi connectivity index (χ1) is 9.11. The molecule has 0 radical (unpaired) electrons. The molecule has 0 unspecified atom stereocenters. The molecule has 0 aromatic carbocycles. The minimum absolute atomic E-state index is 0.400. The van der Waals surface area contributed by atoms with Gasteiger partial charge in [0.1, 0.15) is 5.78 Å². The molecule has 1 saturated heterocycles. The summed E-state index contributed by atoms with van der Waals surface area (Å²) in [5.41, 5.74) is 0. The standard InChI is InChI=1S/C15H27NO.C2H6/c1-4-15(17)13-7-5-12(6-8-13)14-9-16(10-14)11(2)3;1-2/h11-14H,4-10H2,1-3H3;1-2H3. The summed E-state index contributed by atoms with van der Waals surface area (Å²) in [5, 5.41) is 0. The summed E-state index contributed by atoms with van der Waals surface area (Å²) in [6.07, 6.45) is 5.66. The van der Waals surface area contributed by atoms with Crippen molar-refractivity contribution in [3.8, 4) is 0 Å². The number of carbonyl (C=O) groups excluding carboxylic acids is 1. The highest BCUT2D eigenvalue weighted by Crippen LogP contribution is 2.38. The van der Waals surface area contributed by atoms with Crippen LogP contribution in [0.5, 0.6) is 0 Å². The van der Waals surface area contributed by atoms with E-state index in [1.807, 2.05) is 20.8 Å². The zero-order valence-electron chi connectivity index (χ0n) is 13.6. The first kappa shape index (κ1) is 16.7. The summed E-state index contributed by atoms with van der Waals surface area (Å²) in [6, 6.07) is 0.712. The van der Waals surface area contributed by atoms with E-state index in [9.17, 15) is 4.79 Å². The number of nitrogens with zero attached hydrogens (tertiary/aromatic N) is 1. The third-order valence-electron chi connectivity index (χ3n) is 4.91. The van der Waals surface area contributed by atoms with Crippen LogP contribution in [0.3, 0.4) is 0 Å². The molecule has 1 aliphatic heterocycles. The summed E-state index contributed by atoms with van der Waals surface area (Å²) in [6.45, 7) is 13.2. The van der Waals surface area contributed by atoms with Gasteiger partial charge in [0.2, 0.25) is 0 Å². The van der Waals surface area contributed by atoms with E-state index in [0.29, 0.717) is 17.7 Å². The van der Waals surface area contributed by atoms with Gasteiger partial charge in [-0.3, -0.25) is 4.79 Å². The molecule has 0 aromatic rings. The van der Waals surface area contributed by atoms with Crippen LogP contribution in [-0.4, -0.2) is 29.8 Å². The van der Waals surface area contributed by atoms with E-state index in [4.69, 9.17) is 0 Å². The topological polar surface area (TPSA) is 20.3 Å². The normalized spacial score (nSPS) is 28.5. The zero-order chi connectivity index (χ0) is 14.4. The Balaban J connectivity index is 0.000000861. The van der Waals surface area contributed by atoms with Crippen molar-refractivity contribution in [3.63, 3.8) is 0 Å². The van der Waals surface area contributed by atoms with Gasteiger partial charge in [-0.15, -0.1) is 0 Å². The minimum atomic E-state index is 0.400. The van der Waals surface area contributed by atoms with Gasteiger partial charge in [-0.1, -0.05) is 20.8 Å². The van der Waals surface area contributed by atoms with E-state index < -0.39 is 0 Å². The summed E-state index contributed by atoms with van der Waals surface area (Å²) in [7, 11) is 0. The molecule has 1 heterocycles. The molecule has 0 bridgehead atoms. The molecule has 2 heteroatoms. The van der Waals surface area contributed by atoms with Crippen molar-refractivity contribution < 1.29 is 4.79 Å². The lowest BCUT2D eigenvalue weighted by molar-refractivity contribution is -0.124. The fraction of sp³-hybridized carbons (Fsp3) is 0.941. The highest BCUT2D eigenvalue weighted by molar-refractivity contribution is 5.80. The van der Waals surface area contributed by atoms with Crippen molar-refractivity contribution >= 4 is 5.78 Å². The molecule has 0 aromatic heterocycles. The number of carbonyl (C=O) groups is 1. The fourth-order valence-corrected chi connectivity index (χ4v) is 3.47. The Kier molecular flexibility index (Phi) is 7.06. The summed E-state index contributed by atoms with van der Waals surface area (Å²) in [4.78, 5) is 14.2. The van der Waals surface area contributed by atoms with E-state index in [2.05, 4.69) is 18.7 Å². The average Bonchev–Trinajstić information content (AvgIpc) is 2.39. The third kappa shape index (κ3) is 4.30. The Hall–Kier alpha value is -0.370. The highest BCUT2D eigenvalue weighted by atomic mass is 16.1. The fourth-order valence-electron chi connectivity index (χ4n) is 3.47. The predicted molar refractivity (Wildman–Crippen MR) is 82.3 cm³/mol. The summed E-state index contributed by atoms with van der Waals surface area (Å²) < 4.78 is 0. The largest absolute Gasteiger partial charge is 0.300 e. The number of rotatable bonds is 4. The Morgan fingerprint density at radius 2 is 1.58 bits per heavy atom. The van der Waals surface area contributed by atoms with E-state index in [1.54, 1.807) is 0 Å². The molecule has 1 aliphatic carbocycles. The number of ketones is 1. The lowest BCUT2D eigenvalue weighted by Gasteiger charge is -2.47. The zero-order valence-corrected chi connectivity index (χ0v) is 13.6. The van der Waals surface area contributed by atoms with E-state index >= 15 is 0 Å². The summed E-state index contributed by atoms with van der Waals surface area (Å²) in [5.74, 6) is 2.74. The molecule has 0 amide bonds. The predicted octanol–water partition coefficient (Wildman–Crippen LogP) is 4.14. The molecule has 112 valence electrons. The molecular weight excluding hydrogens is 234 g/mol. The van der Waals surface area contributed by atoms with E-state index in [0.717, 1.165) is 31.1 Å². The van der Waals surface area contributed by atoms with Gasteiger partial charge in [0.05, 0.1) is 0 Å². The van der Waals surface area contributed by atoms with Gasteiger partial charge in [0, 0.05) is 31.5 Å². The van der Waals surface area contributed by atoms with Crippen molar-refractivity contribution in [2.24, 2.45) is 17.8 Å².